The summed E-state index contributed by atoms with van der Waals surface area (Å²) in [6.45, 7) is 12.1. The maximum Gasteiger partial charge on any atom is 0.408 e. The number of ether oxygens (including phenoxy) is 3. The van der Waals surface area contributed by atoms with Crippen LogP contribution in [0.1, 0.15) is 34.6 Å². The summed E-state index contributed by atoms with van der Waals surface area (Å²) in [7, 11) is 7.14. The van der Waals surface area contributed by atoms with E-state index in [2.05, 4.69) is 10.2 Å². The molecular formula is C20H39N3O6. The summed E-state index contributed by atoms with van der Waals surface area (Å²) < 4.78 is 15.8. The zero-order chi connectivity index (χ0) is 22.6. The molecule has 29 heavy (non-hydrogen) atoms. The summed E-state index contributed by atoms with van der Waals surface area (Å²) in [5, 5.41) is 11.9. The monoisotopic (exact) mass is 417 g/mol. The third kappa shape index (κ3) is 6.80. The molecule has 2 fully saturated rings. The number of likely N-dealkylation sites (N-methyl/N-ethyl adjacent to an activating group) is 2. The van der Waals surface area contributed by atoms with Gasteiger partial charge in [-0.05, 0) is 48.7 Å². The summed E-state index contributed by atoms with van der Waals surface area (Å²) in [5.41, 5.74) is -1.62. The van der Waals surface area contributed by atoms with Crippen LogP contribution >= 0.6 is 0 Å². The van der Waals surface area contributed by atoms with Crippen molar-refractivity contribution in [1.29, 1.82) is 0 Å². The fourth-order valence-corrected chi connectivity index (χ4v) is 3.95. The molecule has 2 heterocycles. The van der Waals surface area contributed by atoms with Crippen LogP contribution in [0.3, 0.4) is 0 Å². The molecule has 2 rings (SSSR count). The lowest BCUT2D eigenvalue weighted by Crippen LogP contribution is -2.55. The second-order valence-electron chi connectivity index (χ2n) is 9.61. The Bertz CT molecular complexity index is 581. The van der Waals surface area contributed by atoms with E-state index in [9.17, 15) is 9.59 Å². The zero-order valence-electron chi connectivity index (χ0n) is 19.4. The van der Waals surface area contributed by atoms with E-state index >= 15 is 0 Å². The van der Waals surface area contributed by atoms with Gasteiger partial charge in [0.15, 0.2) is 0 Å². The Morgan fingerprint density at radius 2 is 1.48 bits per heavy atom. The van der Waals surface area contributed by atoms with Crippen LogP contribution in [0.15, 0.2) is 0 Å². The highest BCUT2D eigenvalue weighted by molar-refractivity contribution is 5.76. The van der Waals surface area contributed by atoms with E-state index in [1.165, 1.54) is 0 Å². The number of nitrogens with one attached hydrogen (secondary N) is 1. The molecule has 0 aromatic rings. The van der Waals surface area contributed by atoms with Gasteiger partial charge in [0.2, 0.25) is 0 Å². The molecule has 0 aromatic carbocycles. The number of carbonyl (C=O) groups excluding carboxylic acids is 1. The lowest BCUT2D eigenvalue weighted by molar-refractivity contribution is -0.152. The van der Waals surface area contributed by atoms with Crippen molar-refractivity contribution < 1.29 is 28.9 Å². The number of nitrogens with zero attached hydrogens (tertiary/aromatic N) is 2. The number of likely N-dealkylation sites (tertiary alicyclic amines) is 2. The van der Waals surface area contributed by atoms with Crippen molar-refractivity contribution in [2.75, 3.05) is 54.5 Å². The van der Waals surface area contributed by atoms with Crippen molar-refractivity contribution in [1.82, 2.24) is 15.1 Å². The Kier molecular flexibility index (Phi) is 8.47. The summed E-state index contributed by atoms with van der Waals surface area (Å²) in [5.74, 6) is -0.779. The van der Waals surface area contributed by atoms with Crippen LogP contribution in [-0.2, 0) is 19.0 Å². The second kappa shape index (κ2) is 9.59. The topological polar surface area (TPSA) is 101 Å². The van der Waals surface area contributed by atoms with Gasteiger partial charge in [0.25, 0.3) is 0 Å². The van der Waals surface area contributed by atoms with Crippen LogP contribution in [0.4, 0.5) is 4.79 Å². The van der Waals surface area contributed by atoms with Gasteiger partial charge in [0.05, 0.1) is 17.7 Å². The number of aliphatic carboxylic acids is 1. The van der Waals surface area contributed by atoms with Crippen LogP contribution in [0.5, 0.6) is 0 Å². The molecule has 2 saturated heterocycles. The molecule has 4 unspecified atom stereocenters. The Morgan fingerprint density at radius 3 is 1.90 bits per heavy atom. The Morgan fingerprint density at radius 1 is 1.00 bits per heavy atom. The minimum Gasteiger partial charge on any atom is -0.481 e. The lowest BCUT2D eigenvalue weighted by Gasteiger charge is -2.32. The molecule has 170 valence electrons. The second-order valence-corrected chi connectivity index (χ2v) is 9.61. The number of hydrogen-bond acceptors (Lipinski definition) is 7. The van der Waals surface area contributed by atoms with Gasteiger partial charge in [0, 0.05) is 40.4 Å². The maximum atomic E-state index is 11.8. The van der Waals surface area contributed by atoms with E-state index in [1.54, 1.807) is 21.1 Å². The molecule has 2 aliphatic heterocycles. The number of hydrogen-bond donors (Lipinski definition) is 2. The Hall–Kier alpha value is -1.42. The molecule has 0 saturated carbocycles. The number of amides is 1. The van der Waals surface area contributed by atoms with E-state index < -0.39 is 28.6 Å². The Labute approximate surface area is 174 Å². The Balaban J connectivity index is 0.000000308. The predicted molar refractivity (Wildman–Crippen MR) is 110 cm³/mol. The first-order valence-corrected chi connectivity index (χ1v) is 9.84. The van der Waals surface area contributed by atoms with Crippen LogP contribution in [0, 0.1) is 5.41 Å². The summed E-state index contributed by atoms with van der Waals surface area (Å²) in [6, 6.07) is 0. The van der Waals surface area contributed by atoms with Gasteiger partial charge < -0.3 is 34.4 Å². The molecule has 4 atom stereocenters. The highest BCUT2D eigenvalue weighted by Gasteiger charge is 2.48. The van der Waals surface area contributed by atoms with Crippen LogP contribution in [0.25, 0.3) is 0 Å². The van der Waals surface area contributed by atoms with Crippen molar-refractivity contribution in [3.8, 4) is 0 Å². The first-order chi connectivity index (χ1) is 13.2. The van der Waals surface area contributed by atoms with E-state index in [1.807, 2.05) is 46.7 Å². The van der Waals surface area contributed by atoms with Crippen molar-refractivity contribution >= 4 is 12.1 Å². The van der Waals surface area contributed by atoms with E-state index in [0.717, 1.165) is 13.1 Å². The van der Waals surface area contributed by atoms with Crippen LogP contribution < -0.4 is 5.32 Å². The molecule has 2 aliphatic rings. The largest absolute Gasteiger partial charge is 0.481 e. The molecule has 9 nitrogen and oxygen atoms in total. The molecule has 9 heteroatoms. The van der Waals surface area contributed by atoms with Crippen molar-refractivity contribution in [3.63, 3.8) is 0 Å². The molecule has 1 amide bonds. The molecule has 0 spiro atoms. The first kappa shape index (κ1) is 25.6. The third-order valence-corrected chi connectivity index (χ3v) is 5.42. The highest BCUT2D eigenvalue weighted by Crippen LogP contribution is 2.31. The zero-order valence-corrected chi connectivity index (χ0v) is 19.4. The fourth-order valence-electron chi connectivity index (χ4n) is 3.95. The maximum absolute atomic E-state index is 11.8. The van der Waals surface area contributed by atoms with Gasteiger partial charge >= 0.3 is 12.1 Å². The summed E-state index contributed by atoms with van der Waals surface area (Å²) in [6.07, 6.45) is -0.600. The van der Waals surface area contributed by atoms with Crippen LogP contribution in [0.2, 0.25) is 0 Å². The first-order valence-electron chi connectivity index (χ1n) is 9.84. The van der Waals surface area contributed by atoms with Crippen molar-refractivity contribution in [3.05, 3.63) is 0 Å². The third-order valence-electron chi connectivity index (χ3n) is 5.42. The SMILES string of the molecule is COC1CN(C)CC1(C)C(=O)O.COC1CN(C)CC1(C)NC(=O)OC(C)(C)C. The van der Waals surface area contributed by atoms with Crippen LogP contribution in [-0.4, -0.2) is 105 Å². The minimum absolute atomic E-state index is 0.0139. The number of methoxy groups -OCH3 is 2. The number of alkyl carbamates (subject to hydrolysis) is 1. The van der Waals surface area contributed by atoms with E-state index in [-0.39, 0.29) is 12.2 Å². The number of carboxylic acids is 1. The molecule has 0 aliphatic carbocycles. The van der Waals surface area contributed by atoms with Gasteiger partial charge in [-0.25, -0.2) is 4.79 Å². The standard InChI is InChI=1S/C12H24N2O3.C8H15NO3/c1-11(2,3)17-10(15)13-12(4)8-14(5)7-9(12)16-6;1-8(7(10)11)5-9(2)4-6(8)12-3/h9H,7-8H2,1-6H3,(H,13,15);6H,4-5H2,1-3H3,(H,10,11). The highest BCUT2D eigenvalue weighted by atomic mass is 16.6. The van der Waals surface area contributed by atoms with Crippen molar-refractivity contribution in [2.45, 2.75) is 58.0 Å². The summed E-state index contributed by atoms with van der Waals surface area (Å²) in [4.78, 5) is 26.8. The number of carboxylic acid groups (broad SMARTS) is 1. The van der Waals surface area contributed by atoms with Gasteiger partial charge in [-0.15, -0.1) is 0 Å². The summed E-state index contributed by atoms with van der Waals surface area (Å²) >= 11 is 0. The number of rotatable bonds is 4. The van der Waals surface area contributed by atoms with E-state index in [0.29, 0.717) is 13.1 Å². The molecular weight excluding hydrogens is 378 g/mol. The van der Waals surface area contributed by atoms with Gasteiger partial charge in [-0.2, -0.15) is 0 Å². The molecule has 0 aromatic heterocycles. The molecule has 2 N–H and O–H groups in total. The van der Waals surface area contributed by atoms with Gasteiger partial charge in [-0.3, -0.25) is 4.79 Å². The van der Waals surface area contributed by atoms with Crippen molar-refractivity contribution in [2.24, 2.45) is 5.41 Å². The lowest BCUT2D eigenvalue weighted by atomic mass is 9.87. The minimum atomic E-state index is -0.779. The van der Waals surface area contributed by atoms with Gasteiger partial charge in [-0.1, -0.05) is 0 Å². The van der Waals surface area contributed by atoms with E-state index in [4.69, 9.17) is 19.3 Å². The quantitative estimate of drug-likeness (QED) is 0.705. The van der Waals surface area contributed by atoms with Gasteiger partial charge in [0.1, 0.15) is 11.0 Å². The molecule has 0 bridgehead atoms. The normalized spacial score (nSPS) is 33.1. The predicted octanol–water partition coefficient (Wildman–Crippen LogP) is 1.27. The number of carbonyl (C=O) groups is 2. The molecule has 0 radical (unpaired) electrons. The smallest absolute Gasteiger partial charge is 0.408 e. The average molecular weight is 418 g/mol. The average Bonchev–Trinajstić information content (AvgIpc) is 3.01. The fraction of sp³-hybridized carbons (Fsp3) is 0.900.